The van der Waals surface area contributed by atoms with Crippen molar-refractivity contribution < 1.29 is 0 Å². The van der Waals surface area contributed by atoms with Crippen molar-refractivity contribution >= 4 is 0 Å². The fraction of sp³-hybridized carbons (Fsp3) is 0.600. The molecule has 1 nitrogen and oxygen atoms in total. The van der Waals surface area contributed by atoms with Gasteiger partial charge >= 0.3 is 0 Å². The molecule has 1 N–H and O–H groups in total. The second-order valence-electron chi connectivity index (χ2n) is 4.61. The Hall–Kier alpha value is -0.820. The molecule has 0 heterocycles. The molecule has 1 rings (SSSR count). The van der Waals surface area contributed by atoms with Gasteiger partial charge in [-0.3, -0.25) is 0 Å². The monoisotopic (exact) mass is 219 g/mol. The summed E-state index contributed by atoms with van der Waals surface area (Å²) in [6, 6.07) is 11.3. The Bertz CT molecular complexity index is 268. The number of rotatable bonds is 7. The van der Waals surface area contributed by atoms with Gasteiger partial charge in [0.25, 0.3) is 0 Å². The maximum Gasteiger partial charge on any atom is 0.0346 e. The van der Waals surface area contributed by atoms with E-state index < -0.39 is 0 Å². The first-order valence-corrected chi connectivity index (χ1v) is 6.57. The van der Waals surface area contributed by atoms with E-state index >= 15 is 0 Å². The van der Waals surface area contributed by atoms with E-state index in [0.29, 0.717) is 12.0 Å². The molecule has 1 aromatic carbocycles. The van der Waals surface area contributed by atoms with Gasteiger partial charge in [-0.15, -0.1) is 0 Å². The van der Waals surface area contributed by atoms with Crippen LogP contribution >= 0.6 is 0 Å². The van der Waals surface area contributed by atoms with E-state index in [4.69, 9.17) is 0 Å². The van der Waals surface area contributed by atoms with E-state index in [1.54, 1.807) is 0 Å². The summed E-state index contributed by atoms with van der Waals surface area (Å²) in [7, 11) is 0. The highest BCUT2D eigenvalue weighted by molar-refractivity contribution is 5.19. The Balaban J connectivity index is 2.70. The number of hydrogen-bond acceptors (Lipinski definition) is 1. The molecule has 0 spiro atoms. The zero-order chi connectivity index (χ0) is 11.8. The van der Waals surface area contributed by atoms with Crippen LogP contribution in [0.15, 0.2) is 30.3 Å². The van der Waals surface area contributed by atoms with Crippen LogP contribution in [0.4, 0.5) is 0 Å². The third-order valence-corrected chi connectivity index (χ3v) is 3.09. The summed E-state index contributed by atoms with van der Waals surface area (Å²) in [5, 5.41) is 3.67. The van der Waals surface area contributed by atoms with Gasteiger partial charge in [0.1, 0.15) is 0 Å². The highest BCUT2D eigenvalue weighted by atomic mass is 14.9. The highest BCUT2D eigenvalue weighted by Crippen LogP contribution is 2.25. The Morgan fingerprint density at radius 3 is 2.31 bits per heavy atom. The molecule has 0 radical (unpaired) electrons. The molecule has 1 heteroatoms. The lowest BCUT2D eigenvalue weighted by Crippen LogP contribution is -2.27. The average Bonchev–Trinajstić information content (AvgIpc) is 2.31. The molecule has 2 atom stereocenters. The van der Waals surface area contributed by atoms with Crippen molar-refractivity contribution in [3.8, 4) is 0 Å². The SMILES string of the molecule is CCCNC(c1ccccc1)C(C)CCC. The molecule has 0 aromatic heterocycles. The smallest absolute Gasteiger partial charge is 0.0346 e. The quantitative estimate of drug-likeness (QED) is 0.726. The molecule has 90 valence electrons. The maximum atomic E-state index is 3.67. The lowest BCUT2D eigenvalue weighted by atomic mass is 9.91. The molecule has 0 aliphatic rings. The summed E-state index contributed by atoms with van der Waals surface area (Å²) in [4.78, 5) is 0. The number of benzene rings is 1. The lowest BCUT2D eigenvalue weighted by molar-refractivity contribution is 0.363. The van der Waals surface area contributed by atoms with E-state index in [2.05, 4.69) is 56.4 Å². The molecular weight excluding hydrogens is 194 g/mol. The standard InChI is InChI=1S/C15H25N/c1-4-9-13(3)15(16-12-5-2)14-10-7-6-8-11-14/h6-8,10-11,13,15-16H,4-5,9,12H2,1-3H3. The van der Waals surface area contributed by atoms with Crippen molar-refractivity contribution in [2.75, 3.05) is 6.54 Å². The minimum absolute atomic E-state index is 0.515. The summed E-state index contributed by atoms with van der Waals surface area (Å²) in [5.74, 6) is 0.707. The minimum atomic E-state index is 0.515. The third-order valence-electron chi connectivity index (χ3n) is 3.09. The molecule has 0 saturated heterocycles. The number of hydrogen-bond donors (Lipinski definition) is 1. The van der Waals surface area contributed by atoms with E-state index in [-0.39, 0.29) is 0 Å². The molecule has 0 aliphatic carbocycles. The van der Waals surface area contributed by atoms with E-state index in [1.807, 2.05) is 0 Å². The van der Waals surface area contributed by atoms with Crippen LogP contribution < -0.4 is 5.32 Å². The van der Waals surface area contributed by atoms with Gasteiger partial charge in [0.05, 0.1) is 0 Å². The van der Waals surface area contributed by atoms with Gasteiger partial charge in [-0.25, -0.2) is 0 Å². The molecule has 0 aliphatic heterocycles. The Morgan fingerprint density at radius 2 is 1.75 bits per heavy atom. The van der Waals surface area contributed by atoms with Gasteiger partial charge in [0.15, 0.2) is 0 Å². The summed E-state index contributed by atoms with van der Waals surface area (Å²) in [5.41, 5.74) is 1.43. The number of nitrogens with one attached hydrogen (secondary N) is 1. The third kappa shape index (κ3) is 3.97. The van der Waals surface area contributed by atoms with Crippen molar-refractivity contribution in [3.05, 3.63) is 35.9 Å². The van der Waals surface area contributed by atoms with Crippen molar-refractivity contribution in [3.63, 3.8) is 0 Å². The predicted molar refractivity (Wildman–Crippen MR) is 71.5 cm³/mol. The van der Waals surface area contributed by atoms with Gasteiger partial charge in [-0.05, 0) is 30.9 Å². The van der Waals surface area contributed by atoms with Crippen LogP contribution in [-0.4, -0.2) is 6.54 Å². The fourth-order valence-corrected chi connectivity index (χ4v) is 2.23. The Morgan fingerprint density at radius 1 is 1.06 bits per heavy atom. The molecule has 0 saturated carbocycles. The predicted octanol–water partition coefficient (Wildman–Crippen LogP) is 4.16. The zero-order valence-corrected chi connectivity index (χ0v) is 10.9. The zero-order valence-electron chi connectivity index (χ0n) is 10.9. The van der Waals surface area contributed by atoms with E-state index in [9.17, 15) is 0 Å². The van der Waals surface area contributed by atoms with Crippen LogP contribution in [0.2, 0.25) is 0 Å². The topological polar surface area (TPSA) is 12.0 Å². The Kier molecular flexibility index (Phi) is 6.17. The van der Waals surface area contributed by atoms with Gasteiger partial charge in [-0.2, -0.15) is 0 Å². The molecule has 0 fully saturated rings. The molecule has 16 heavy (non-hydrogen) atoms. The minimum Gasteiger partial charge on any atom is -0.310 e. The average molecular weight is 219 g/mol. The molecule has 0 amide bonds. The first-order chi connectivity index (χ1) is 7.79. The van der Waals surface area contributed by atoms with Gasteiger partial charge in [0.2, 0.25) is 0 Å². The van der Waals surface area contributed by atoms with E-state index in [0.717, 1.165) is 6.54 Å². The van der Waals surface area contributed by atoms with Crippen molar-refractivity contribution in [2.45, 2.75) is 46.1 Å². The Labute approximate surface area is 100 Å². The van der Waals surface area contributed by atoms with Crippen LogP contribution in [0.5, 0.6) is 0 Å². The second kappa shape index (κ2) is 7.45. The van der Waals surface area contributed by atoms with Crippen LogP contribution in [0, 0.1) is 5.92 Å². The van der Waals surface area contributed by atoms with Gasteiger partial charge in [-0.1, -0.05) is 57.5 Å². The second-order valence-corrected chi connectivity index (χ2v) is 4.61. The lowest BCUT2D eigenvalue weighted by Gasteiger charge is -2.25. The highest BCUT2D eigenvalue weighted by Gasteiger charge is 2.17. The normalized spacial score (nSPS) is 14.7. The van der Waals surface area contributed by atoms with Crippen molar-refractivity contribution in [2.24, 2.45) is 5.92 Å². The molecule has 2 unspecified atom stereocenters. The fourth-order valence-electron chi connectivity index (χ4n) is 2.23. The summed E-state index contributed by atoms with van der Waals surface area (Å²) >= 11 is 0. The van der Waals surface area contributed by atoms with E-state index in [1.165, 1.54) is 24.8 Å². The first kappa shape index (κ1) is 13.2. The van der Waals surface area contributed by atoms with Crippen molar-refractivity contribution in [1.29, 1.82) is 0 Å². The largest absolute Gasteiger partial charge is 0.310 e. The summed E-state index contributed by atoms with van der Waals surface area (Å²) < 4.78 is 0. The van der Waals surface area contributed by atoms with Crippen LogP contribution in [0.1, 0.15) is 51.6 Å². The first-order valence-electron chi connectivity index (χ1n) is 6.57. The summed E-state index contributed by atoms with van der Waals surface area (Å²) in [6.45, 7) is 7.94. The van der Waals surface area contributed by atoms with Crippen LogP contribution in [0.25, 0.3) is 0 Å². The van der Waals surface area contributed by atoms with Crippen LogP contribution in [0.3, 0.4) is 0 Å². The maximum absolute atomic E-state index is 3.67. The van der Waals surface area contributed by atoms with Crippen LogP contribution in [-0.2, 0) is 0 Å². The van der Waals surface area contributed by atoms with Gasteiger partial charge in [0, 0.05) is 6.04 Å². The van der Waals surface area contributed by atoms with Gasteiger partial charge < -0.3 is 5.32 Å². The van der Waals surface area contributed by atoms with Crippen molar-refractivity contribution in [1.82, 2.24) is 5.32 Å². The molecule has 1 aromatic rings. The summed E-state index contributed by atoms with van der Waals surface area (Å²) in [6.07, 6.45) is 3.75. The molecule has 0 bridgehead atoms. The molecular formula is C15H25N.